The summed E-state index contributed by atoms with van der Waals surface area (Å²) in [5.74, 6) is -0.219. The van der Waals surface area contributed by atoms with Gasteiger partial charge in [-0.15, -0.1) is 0 Å². The highest BCUT2D eigenvalue weighted by Gasteiger charge is 2.14. The topological polar surface area (TPSA) is 24.9 Å². The monoisotopic (exact) mass is 350 g/mol. The van der Waals surface area contributed by atoms with Crippen LogP contribution in [0.5, 0.6) is 0 Å². The Kier molecular flexibility index (Phi) is 5.88. The third-order valence-corrected chi connectivity index (χ3v) is 4.14. The van der Waals surface area contributed by atoms with Crippen LogP contribution in [0.4, 0.5) is 4.39 Å². The van der Waals surface area contributed by atoms with Gasteiger partial charge in [0, 0.05) is 22.4 Å². The number of nitrogens with zero attached hydrogens (tertiary/aromatic N) is 1. The van der Waals surface area contributed by atoms with Crippen LogP contribution in [0, 0.1) is 12.7 Å². The van der Waals surface area contributed by atoms with E-state index < -0.39 is 0 Å². The SMILES string of the molecule is CCCNC(Cc1ccc(F)cc1Br)c1ccnc(C)c1. The Morgan fingerprint density at radius 3 is 2.76 bits per heavy atom. The van der Waals surface area contributed by atoms with Crippen molar-refractivity contribution >= 4 is 15.9 Å². The molecular formula is C17H20BrFN2. The fourth-order valence-electron chi connectivity index (χ4n) is 2.32. The van der Waals surface area contributed by atoms with Gasteiger partial charge in [-0.1, -0.05) is 28.9 Å². The zero-order chi connectivity index (χ0) is 15.2. The van der Waals surface area contributed by atoms with E-state index in [9.17, 15) is 4.39 Å². The largest absolute Gasteiger partial charge is 0.310 e. The average Bonchev–Trinajstić information content (AvgIpc) is 2.45. The summed E-state index contributed by atoms with van der Waals surface area (Å²) in [6, 6.07) is 9.21. The predicted molar refractivity (Wildman–Crippen MR) is 87.8 cm³/mol. The zero-order valence-corrected chi connectivity index (χ0v) is 14.0. The van der Waals surface area contributed by atoms with Crippen LogP contribution in [-0.4, -0.2) is 11.5 Å². The van der Waals surface area contributed by atoms with Crippen molar-refractivity contribution in [3.63, 3.8) is 0 Å². The molecule has 1 atom stereocenters. The third-order valence-electron chi connectivity index (χ3n) is 3.40. The molecule has 0 radical (unpaired) electrons. The first-order valence-corrected chi connectivity index (χ1v) is 7.99. The smallest absolute Gasteiger partial charge is 0.124 e. The molecule has 1 heterocycles. The van der Waals surface area contributed by atoms with Gasteiger partial charge in [0.05, 0.1) is 0 Å². The van der Waals surface area contributed by atoms with Gasteiger partial charge in [-0.3, -0.25) is 4.98 Å². The molecule has 2 nitrogen and oxygen atoms in total. The van der Waals surface area contributed by atoms with Crippen LogP contribution in [0.15, 0.2) is 41.0 Å². The van der Waals surface area contributed by atoms with Crippen molar-refractivity contribution in [2.75, 3.05) is 6.54 Å². The average molecular weight is 351 g/mol. The van der Waals surface area contributed by atoms with Gasteiger partial charge in [-0.2, -0.15) is 0 Å². The summed E-state index contributed by atoms with van der Waals surface area (Å²) >= 11 is 3.45. The lowest BCUT2D eigenvalue weighted by molar-refractivity contribution is 0.527. The molecule has 0 spiro atoms. The molecule has 0 bridgehead atoms. The molecule has 2 rings (SSSR count). The molecule has 0 saturated carbocycles. The van der Waals surface area contributed by atoms with E-state index in [1.54, 1.807) is 0 Å². The third kappa shape index (κ3) is 4.61. The minimum absolute atomic E-state index is 0.202. The van der Waals surface area contributed by atoms with Gasteiger partial charge < -0.3 is 5.32 Å². The maximum absolute atomic E-state index is 13.2. The van der Waals surface area contributed by atoms with Crippen molar-refractivity contribution in [2.45, 2.75) is 32.7 Å². The maximum Gasteiger partial charge on any atom is 0.124 e. The number of benzene rings is 1. The van der Waals surface area contributed by atoms with Gasteiger partial charge in [0.2, 0.25) is 0 Å². The van der Waals surface area contributed by atoms with Crippen molar-refractivity contribution in [1.82, 2.24) is 10.3 Å². The summed E-state index contributed by atoms with van der Waals surface area (Å²) in [6.07, 6.45) is 3.72. The molecule has 4 heteroatoms. The van der Waals surface area contributed by atoms with Gasteiger partial charge in [0.15, 0.2) is 0 Å². The summed E-state index contributed by atoms with van der Waals surface area (Å²) in [4.78, 5) is 4.25. The molecule has 1 aromatic carbocycles. The summed E-state index contributed by atoms with van der Waals surface area (Å²) in [5.41, 5.74) is 3.32. The Labute approximate surface area is 133 Å². The van der Waals surface area contributed by atoms with Crippen LogP contribution in [0.2, 0.25) is 0 Å². The minimum Gasteiger partial charge on any atom is -0.310 e. The molecule has 1 unspecified atom stereocenters. The first-order valence-electron chi connectivity index (χ1n) is 7.20. The lowest BCUT2D eigenvalue weighted by atomic mass is 9.99. The van der Waals surface area contributed by atoms with Gasteiger partial charge in [-0.25, -0.2) is 4.39 Å². The van der Waals surface area contributed by atoms with E-state index in [1.807, 2.05) is 25.3 Å². The highest BCUT2D eigenvalue weighted by Crippen LogP contribution is 2.25. The van der Waals surface area contributed by atoms with Crippen molar-refractivity contribution in [3.05, 3.63) is 63.6 Å². The number of pyridine rings is 1. The fraction of sp³-hybridized carbons (Fsp3) is 0.353. The van der Waals surface area contributed by atoms with Gasteiger partial charge in [0.1, 0.15) is 5.82 Å². The number of rotatable bonds is 6. The number of aryl methyl sites for hydroxylation is 1. The van der Waals surface area contributed by atoms with Gasteiger partial charge >= 0.3 is 0 Å². The predicted octanol–water partition coefficient (Wildman–Crippen LogP) is 4.58. The summed E-state index contributed by atoms with van der Waals surface area (Å²) in [5, 5.41) is 3.56. The summed E-state index contributed by atoms with van der Waals surface area (Å²) in [6.45, 7) is 5.09. The fourth-order valence-corrected chi connectivity index (χ4v) is 2.83. The highest BCUT2D eigenvalue weighted by atomic mass is 79.9. The van der Waals surface area contributed by atoms with E-state index in [2.05, 4.69) is 39.2 Å². The lowest BCUT2D eigenvalue weighted by Gasteiger charge is -2.20. The molecule has 112 valence electrons. The molecule has 1 aromatic heterocycles. The zero-order valence-electron chi connectivity index (χ0n) is 12.4. The first-order chi connectivity index (χ1) is 10.1. The molecule has 0 aliphatic rings. The van der Waals surface area contributed by atoms with Gasteiger partial charge in [-0.05, 0) is 61.7 Å². The lowest BCUT2D eigenvalue weighted by Crippen LogP contribution is -2.24. The Hall–Kier alpha value is -1.26. The Bertz CT molecular complexity index is 601. The Balaban J connectivity index is 2.23. The summed E-state index contributed by atoms with van der Waals surface area (Å²) in [7, 11) is 0. The van der Waals surface area contributed by atoms with Crippen LogP contribution >= 0.6 is 15.9 Å². The number of halogens is 2. The molecule has 0 saturated heterocycles. The van der Waals surface area contributed by atoms with Gasteiger partial charge in [0.25, 0.3) is 0 Å². The normalized spacial score (nSPS) is 12.4. The number of hydrogen-bond donors (Lipinski definition) is 1. The molecule has 0 amide bonds. The van der Waals surface area contributed by atoms with Crippen LogP contribution in [0.1, 0.15) is 36.2 Å². The minimum atomic E-state index is -0.219. The van der Waals surface area contributed by atoms with E-state index in [-0.39, 0.29) is 11.9 Å². The summed E-state index contributed by atoms with van der Waals surface area (Å²) < 4.78 is 14.0. The molecule has 0 aliphatic carbocycles. The molecule has 0 aliphatic heterocycles. The standard InChI is InChI=1S/C17H20BrFN2/c1-3-7-21-17(14-6-8-20-12(2)9-14)10-13-4-5-15(19)11-16(13)18/h4-6,8-9,11,17,21H,3,7,10H2,1-2H3. The number of hydrogen-bond acceptors (Lipinski definition) is 2. The van der Waals surface area contributed by atoms with E-state index in [0.29, 0.717) is 0 Å². The van der Waals surface area contributed by atoms with E-state index in [4.69, 9.17) is 0 Å². The van der Waals surface area contributed by atoms with E-state index in [0.717, 1.165) is 35.1 Å². The first kappa shape index (κ1) is 16.1. The second-order valence-electron chi connectivity index (χ2n) is 5.18. The molecule has 0 fully saturated rings. The molecule has 1 N–H and O–H groups in total. The van der Waals surface area contributed by atoms with Crippen molar-refractivity contribution in [3.8, 4) is 0 Å². The molecule has 2 aromatic rings. The van der Waals surface area contributed by atoms with Crippen molar-refractivity contribution in [1.29, 1.82) is 0 Å². The highest BCUT2D eigenvalue weighted by molar-refractivity contribution is 9.10. The van der Waals surface area contributed by atoms with Crippen molar-refractivity contribution < 1.29 is 4.39 Å². The van der Waals surface area contributed by atoms with Crippen molar-refractivity contribution in [2.24, 2.45) is 0 Å². The van der Waals surface area contributed by atoms with Crippen LogP contribution in [0.25, 0.3) is 0 Å². The number of aromatic nitrogens is 1. The van der Waals surface area contributed by atoms with Crippen LogP contribution < -0.4 is 5.32 Å². The quantitative estimate of drug-likeness (QED) is 0.824. The number of nitrogens with one attached hydrogen (secondary N) is 1. The molecular weight excluding hydrogens is 331 g/mol. The van der Waals surface area contributed by atoms with E-state index in [1.165, 1.54) is 17.7 Å². The maximum atomic E-state index is 13.2. The van der Waals surface area contributed by atoms with Crippen LogP contribution in [0.3, 0.4) is 0 Å². The Morgan fingerprint density at radius 2 is 2.10 bits per heavy atom. The molecule has 21 heavy (non-hydrogen) atoms. The van der Waals surface area contributed by atoms with E-state index >= 15 is 0 Å². The Morgan fingerprint density at radius 1 is 1.29 bits per heavy atom. The second-order valence-corrected chi connectivity index (χ2v) is 6.03. The van der Waals surface area contributed by atoms with Crippen LogP contribution in [-0.2, 0) is 6.42 Å². The second kappa shape index (κ2) is 7.66.